The quantitative estimate of drug-likeness (QED) is 0.0441. The predicted molar refractivity (Wildman–Crippen MR) is 185 cm³/mol. The number of unbranched alkanes of at least 4 members (excludes halogenated alkanes) is 22. The zero-order chi connectivity index (χ0) is 31.6. The molecule has 254 valence electrons. The molecular formula is C38H73NO4. The van der Waals surface area contributed by atoms with E-state index >= 15 is 0 Å². The van der Waals surface area contributed by atoms with Crippen LogP contribution in [0.5, 0.6) is 0 Å². The number of carbonyl (C=O) groups is 1. The molecule has 0 bridgehead atoms. The fraction of sp³-hybridized carbons (Fsp3) is 0.868. The van der Waals surface area contributed by atoms with E-state index in [9.17, 15) is 20.1 Å². The molecule has 0 rings (SSSR count). The van der Waals surface area contributed by atoms with Crippen LogP contribution in [0.2, 0.25) is 0 Å². The van der Waals surface area contributed by atoms with Crippen LogP contribution in [0.15, 0.2) is 24.3 Å². The SMILES string of the molecule is CCCCCCCCCCC/C=C/CC/C=C/C(O)C(CO)NC(=O)CC(O)CCCCCCCCCCCCCCC. The lowest BCUT2D eigenvalue weighted by atomic mass is 10.0. The van der Waals surface area contributed by atoms with Crippen LogP contribution < -0.4 is 5.32 Å². The van der Waals surface area contributed by atoms with Gasteiger partial charge in [0.15, 0.2) is 0 Å². The van der Waals surface area contributed by atoms with Gasteiger partial charge in [-0.1, -0.05) is 173 Å². The van der Waals surface area contributed by atoms with E-state index < -0.39 is 18.2 Å². The summed E-state index contributed by atoms with van der Waals surface area (Å²) in [4.78, 5) is 12.3. The van der Waals surface area contributed by atoms with E-state index in [0.29, 0.717) is 6.42 Å². The molecule has 5 heteroatoms. The van der Waals surface area contributed by atoms with E-state index in [1.165, 1.54) is 128 Å². The molecule has 0 heterocycles. The molecule has 0 fully saturated rings. The minimum Gasteiger partial charge on any atom is -0.394 e. The van der Waals surface area contributed by atoms with Crippen molar-refractivity contribution < 1.29 is 20.1 Å². The van der Waals surface area contributed by atoms with Crippen molar-refractivity contribution in [1.29, 1.82) is 0 Å². The van der Waals surface area contributed by atoms with E-state index in [-0.39, 0.29) is 18.9 Å². The van der Waals surface area contributed by atoms with Gasteiger partial charge in [0.05, 0.1) is 31.3 Å². The first-order valence-electron chi connectivity index (χ1n) is 18.6. The minimum absolute atomic E-state index is 0.00887. The summed E-state index contributed by atoms with van der Waals surface area (Å²) in [6.07, 6.45) is 38.7. The number of allylic oxidation sites excluding steroid dienone is 3. The van der Waals surface area contributed by atoms with E-state index in [2.05, 4.69) is 31.3 Å². The predicted octanol–water partition coefficient (Wildman–Crippen LogP) is 9.87. The molecule has 0 spiro atoms. The number of nitrogens with one attached hydrogen (secondary N) is 1. The summed E-state index contributed by atoms with van der Waals surface area (Å²) in [5.74, 6) is -0.326. The Morgan fingerprint density at radius 2 is 1.00 bits per heavy atom. The highest BCUT2D eigenvalue weighted by atomic mass is 16.3. The Hall–Kier alpha value is -1.17. The van der Waals surface area contributed by atoms with Gasteiger partial charge < -0.3 is 20.6 Å². The van der Waals surface area contributed by atoms with Gasteiger partial charge in [0.1, 0.15) is 0 Å². The number of aliphatic hydroxyl groups is 3. The smallest absolute Gasteiger partial charge is 0.222 e. The van der Waals surface area contributed by atoms with Crippen molar-refractivity contribution in [2.75, 3.05) is 6.61 Å². The van der Waals surface area contributed by atoms with Crippen LogP contribution >= 0.6 is 0 Å². The first-order chi connectivity index (χ1) is 21.0. The maximum absolute atomic E-state index is 12.3. The van der Waals surface area contributed by atoms with Gasteiger partial charge in [0, 0.05) is 0 Å². The Labute approximate surface area is 267 Å². The van der Waals surface area contributed by atoms with Crippen molar-refractivity contribution in [2.45, 2.75) is 205 Å². The molecule has 3 unspecified atom stereocenters. The Morgan fingerprint density at radius 1 is 0.581 bits per heavy atom. The molecule has 0 aliphatic rings. The molecule has 43 heavy (non-hydrogen) atoms. The highest BCUT2D eigenvalue weighted by molar-refractivity contribution is 5.76. The molecule has 0 radical (unpaired) electrons. The Morgan fingerprint density at radius 3 is 1.49 bits per heavy atom. The molecule has 0 saturated carbocycles. The highest BCUT2D eigenvalue weighted by Crippen LogP contribution is 2.14. The second-order valence-electron chi connectivity index (χ2n) is 12.8. The summed E-state index contributed by atoms with van der Waals surface area (Å²) in [5.41, 5.74) is 0. The van der Waals surface area contributed by atoms with Crippen LogP contribution in [-0.2, 0) is 4.79 Å². The third-order valence-electron chi connectivity index (χ3n) is 8.49. The summed E-state index contributed by atoms with van der Waals surface area (Å²) >= 11 is 0. The van der Waals surface area contributed by atoms with Crippen LogP contribution in [0.4, 0.5) is 0 Å². The maximum Gasteiger partial charge on any atom is 0.222 e. The van der Waals surface area contributed by atoms with Crippen molar-refractivity contribution in [2.24, 2.45) is 0 Å². The number of amides is 1. The molecule has 0 aromatic rings. The Balaban J connectivity index is 3.78. The van der Waals surface area contributed by atoms with Crippen LogP contribution in [0.1, 0.15) is 187 Å². The van der Waals surface area contributed by atoms with E-state index in [4.69, 9.17) is 0 Å². The van der Waals surface area contributed by atoms with Crippen LogP contribution in [0.3, 0.4) is 0 Å². The van der Waals surface area contributed by atoms with Gasteiger partial charge in [-0.25, -0.2) is 0 Å². The lowest BCUT2D eigenvalue weighted by Gasteiger charge is -2.21. The molecule has 5 nitrogen and oxygen atoms in total. The van der Waals surface area contributed by atoms with Crippen molar-refractivity contribution >= 4 is 5.91 Å². The van der Waals surface area contributed by atoms with Gasteiger partial charge in [-0.3, -0.25) is 4.79 Å². The van der Waals surface area contributed by atoms with Gasteiger partial charge in [-0.2, -0.15) is 0 Å². The summed E-state index contributed by atoms with van der Waals surface area (Å²) in [6, 6.07) is -0.755. The summed E-state index contributed by atoms with van der Waals surface area (Å²) in [7, 11) is 0. The fourth-order valence-corrected chi connectivity index (χ4v) is 5.59. The van der Waals surface area contributed by atoms with E-state index in [1.807, 2.05) is 6.08 Å². The summed E-state index contributed by atoms with van der Waals surface area (Å²) in [6.45, 7) is 4.18. The van der Waals surface area contributed by atoms with Crippen molar-refractivity contribution in [3.8, 4) is 0 Å². The molecule has 0 aliphatic heterocycles. The topological polar surface area (TPSA) is 89.8 Å². The molecule has 4 N–H and O–H groups in total. The third kappa shape index (κ3) is 30.6. The fourth-order valence-electron chi connectivity index (χ4n) is 5.59. The molecule has 3 atom stereocenters. The first-order valence-corrected chi connectivity index (χ1v) is 18.6. The normalized spacial score (nSPS) is 14.1. The number of hydrogen-bond donors (Lipinski definition) is 4. The van der Waals surface area contributed by atoms with Gasteiger partial charge in [-0.15, -0.1) is 0 Å². The number of carbonyl (C=O) groups excluding carboxylic acids is 1. The monoisotopic (exact) mass is 608 g/mol. The maximum atomic E-state index is 12.3. The van der Waals surface area contributed by atoms with E-state index in [1.54, 1.807) is 6.08 Å². The van der Waals surface area contributed by atoms with Gasteiger partial charge in [0.25, 0.3) is 0 Å². The molecule has 1 amide bonds. The van der Waals surface area contributed by atoms with Crippen LogP contribution in [0, 0.1) is 0 Å². The number of rotatable bonds is 33. The zero-order valence-corrected chi connectivity index (χ0v) is 28.6. The number of hydrogen-bond acceptors (Lipinski definition) is 4. The first kappa shape index (κ1) is 41.8. The van der Waals surface area contributed by atoms with Gasteiger partial charge in [-0.05, 0) is 32.1 Å². The summed E-state index contributed by atoms with van der Waals surface area (Å²) < 4.78 is 0. The molecular weight excluding hydrogens is 534 g/mol. The molecule has 0 aromatic carbocycles. The highest BCUT2D eigenvalue weighted by Gasteiger charge is 2.20. The summed E-state index contributed by atoms with van der Waals surface area (Å²) in [5, 5.41) is 33.0. The Bertz CT molecular complexity index is 635. The molecule has 0 aromatic heterocycles. The van der Waals surface area contributed by atoms with Crippen molar-refractivity contribution in [3.05, 3.63) is 24.3 Å². The Kier molecular flexibility index (Phi) is 32.8. The van der Waals surface area contributed by atoms with Crippen LogP contribution in [0.25, 0.3) is 0 Å². The number of aliphatic hydroxyl groups excluding tert-OH is 3. The average Bonchev–Trinajstić information content (AvgIpc) is 3.00. The van der Waals surface area contributed by atoms with E-state index in [0.717, 1.165) is 32.1 Å². The largest absolute Gasteiger partial charge is 0.394 e. The second-order valence-corrected chi connectivity index (χ2v) is 12.8. The second kappa shape index (κ2) is 33.7. The lowest BCUT2D eigenvalue weighted by Crippen LogP contribution is -2.45. The van der Waals surface area contributed by atoms with Crippen molar-refractivity contribution in [3.63, 3.8) is 0 Å². The molecule has 0 saturated heterocycles. The molecule has 0 aliphatic carbocycles. The van der Waals surface area contributed by atoms with Gasteiger partial charge in [0.2, 0.25) is 5.91 Å². The average molecular weight is 608 g/mol. The zero-order valence-electron chi connectivity index (χ0n) is 28.6. The van der Waals surface area contributed by atoms with Gasteiger partial charge >= 0.3 is 0 Å². The standard InChI is InChI=1S/C38H73NO4/c1-3-5-7-9-11-13-15-17-18-20-22-24-26-28-30-32-37(42)36(34-40)39-38(43)33-35(41)31-29-27-25-23-21-19-16-14-12-10-8-6-4-2/h22,24,30,32,35-37,40-42H,3-21,23,25-29,31,33-34H2,1-2H3,(H,39,43)/b24-22+,32-30+. The lowest BCUT2D eigenvalue weighted by molar-refractivity contribution is -0.124. The van der Waals surface area contributed by atoms with Crippen LogP contribution in [-0.4, -0.2) is 46.1 Å². The van der Waals surface area contributed by atoms with Crippen molar-refractivity contribution in [1.82, 2.24) is 5.32 Å². The third-order valence-corrected chi connectivity index (χ3v) is 8.49. The minimum atomic E-state index is -0.946.